The summed E-state index contributed by atoms with van der Waals surface area (Å²) in [5.41, 5.74) is 4.72. The van der Waals surface area contributed by atoms with E-state index in [2.05, 4.69) is 21.6 Å². The SMILES string of the molecule is COC[C@@H](NC(=O)c1ccc(Cn2nc(C)cc2C)cc1)c1ccnn1C. The molecular formula is C20H25N5O2. The third-order valence-electron chi connectivity index (χ3n) is 4.51. The van der Waals surface area contributed by atoms with Gasteiger partial charge in [-0.1, -0.05) is 12.1 Å². The fraction of sp³-hybridized carbons (Fsp3) is 0.350. The molecule has 0 spiro atoms. The smallest absolute Gasteiger partial charge is 0.251 e. The maximum absolute atomic E-state index is 12.6. The van der Waals surface area contributed by atoms with E-state index in [-0.39, 0.29) is 11.9 Å². The summed E-state index contributed by atoms with van der Waals surface area (Å²) in [6, 6.07) is 11.3. The molecule has 1 amide bonds. The molecule has 1 N–H and O–H groups in total. The maximum atomic E-state index is 12.6. The van der Waals surface area contributed by atoms with Crippen molar-refractivity contribution in [1.29, 1.82) is 0 Å². The van der Waals surface area contributed by atoms with Gasteiger partial charge in [-0.15, -0.1) is 0 Å². The van der Waals surface area contributed by atoms with Gasteiger partial charge in [0, 0.05) is 31.6 Å². The Morgan fingerprint density at radius 3 is 2.52 bits per heavy atom. The van der Waals surface area contributed by atoms with Crippen LogP contribution in [0.3, 0.4) is 0 Å². The van der Waals surface area contributed by atoms with Gasteiger partial charge in [-0.2, -0.15) is 10.2 Å². The monoisotopic (exact) mass is 367 g/mol. The number of hydrogen-bond donors (Lipinski definition) is 1. The Morgan fingerprint density at radius 2 is 1.96 bits per heavy atom. The molecule has 7 nitrogen and oxygen atoms in total. The van der Waals surface area contributed by atoms with Gasteiger partial charge in [0.25, 0.3) is 5.91 Å². The highest BCUT2D eigenvalue weighted by atomic mass is 16.5. The second kappa shape index (κ2) is 8.18. The van der Waals surface area contributed by atoms with Gasteiger partial charge in [0.15, 0.2) is 0 Å². The highest BCUT2D eigenvalue weighted by Gasteiger charge is 2.18. The molecule has 2 heterocycles. The van der Waals surface area contributed by atoms with Crippen LogP contribution in [0, 0.1) is 13.8 Å². The van der Waals surface area contributed by atoms with Gasteiger partial charge in [-0.25, -0.2) is 0 Å². The van der Waals surface area contributed by atoms with Crippen LogP contribution in [0.25, 0.3) is 0 Å². The number of amides is 1. The highest BCUT2D eigenvalue weighted by molar-refractivity contribution is 5.94. The van der Waals surface area contributed by atoms with Gasteiger partial charge < -0.3 is 10.1 Å². The molecule has 3 rings (SSSR count). The van der Waals surface area contributed by atoms with Crippen molar-refractivity contribution in [1.82, 2.24) is 24.9 Å². The van der Waals surface area contributed by atoms with E-state index < -0.39 is 0 Å². The van der Waals surface area contributed by atoms with Crippen LogP contribution < -0.4 is 5.32 Å². The summed E-state index contributed by atoms with van der Waals surface area (Å²) >= 11 is 0. The normalized spacial score (nSPS) is 12.1. The van der Waals surface area contributed by atoms with Crippen LogP contribution in [-0.4, -0.2) is 39.2 Å². The summed E-state index contributed by atoms with van der Waals surface area (Å²) in [5.74, 6) is -0.143. The molecule has 0 aliphatic carbocycles. The lowest BCUT2D eigenvalue weighted by Gasteiger charge is -2.18. The predicted octanol–water partition coefficient (Wildman–Crippen LogP) is 2.40. The number of rotatable bonds is 7. The zero-order chi connectivity index (χ0) is 19.4. The molecule has 0 fully saturated rings. The summed E-state index contributed by atoms with van der Waals surface area (Å²) in [7, 11) is 3.46. The van der Waals surface area contributed by atoms with Crippen molar-refractivity contribution in [3.05, 3.63) is 70.8 Å². The molecule has 2 aromatic heterocycles. The van der Waals surface area contributed by atoms with Crippen molar-refractivity contribution >= 4 is 5.91 Å². The van der Waals surface area contributed by atoms with Crippen molar-refractivity contribution in [2.24, 2.45) is 7.05 Å². The topological polar surface area (TPSA) is 74.0 Å². The number of carbonyl (C=O) groups is 1. The summed E-state index contributed by atoms with van der Waals surface area (Å²) in [6.07, 6.45) is 1.71. The zero-order valence-corrected chi connectivity index (χ0v) is 16.1. The molecule has 0 saturated heterocycles. The van der Waals surface area contributed by atoms with Gasteiger partial charge in [0.1, 0.15) is 0 Å². The third-order valence-corrected chi connectivity index (χ3v) is 4.51. The van der Waals surface area contributed by atoms with E-state index in [0.717, 1.165) is 22.6 Å². The Labute approximate surface area is 159 Å². The van der Waals surface area contributed by atoms with E-state index in [4.69, 9.17) is 4.74 Å². The number of benzene rings is 1. The quantitative estimate of drug-likeness (QED) is 0.696. The lowest BCUT2D eigenvalue weighted by Crippen LogP contribution is -2.32. The van der Waals surface area contributed by atoms with Crippen LogP contribution in [0.5, 0.6) is 0 Å². The van der Waals surface area contributed by atoms with E-state index in [1.54, 1.807) is 18.0 Å². The molecule has 0 saturated carbocycles. The first kappa shape index (κ1) is 18.8. The minimum absolute atomic E-state index is 0.143. The van der Waals surface area contributed by atoms with Gasteiger partial charge in [-0.05, 0) is 43.7 Å². The van der Waals surface area contributed by atoms with Gasteiger partial charge in [-0.3, -0.25) is 14.2 Å². The molecule has 1 aromatic carbocycles. The fourth-order valence-corrected chi connectivity index (χ4v) is 3.10. The number of nitrogens with zero attached hydrogens (tertiary/aromatic N) is 4. The Balaban J connectivity index is 1.69. The third kappa shape index (κ3) is 4.43. The zero-order valence-electron chi connectivity index (χ0n) is 16.1. The standard InChI is InChI=1S/C20H25N5O2/c1-14-11-15(2)25(23-14)12-16-5-7-17(8-6-16)20(26)22-18(13-27-4)19-9-10-21-24(19)3/h5-11,18H,12-13H2,1-4H3,(H,22,26)/t18-/m1/s1. The summed E-state index contributed by atoms with van der Waals surface area (Å²) in [4.78, 5) is 12.6. The average Bonchev–Trinajstić information content (AvgIpc) is 3.20. The molecule has 0 aliphatic rings. The largest absolute Gasteiger partial charge is 0.382 e. The molecule has 3 aromatic rings. The van der Waals surface area contributed by atoms with Crippen molar-refractivity contribution in [3.8, 4) is 0 Å². The molecular weight excluding hydrogens is 342 g/mol. The number of ether oxygens (including phenoxy) is 1. The Hall–Kier alpha value is -2.93. The second-order valence-electron chi connectivity index (χ2n) is 6.64. The van der Waals surface area contributed by atoms with E-state index >= 15 is 0 Å². The first-order chi connectivity index (χ1) is 13.0. The molecule has 0 radical (unpaired) electrons. The summed E-state index contributed by atoms with van der Waals surface area (Å²) in [5, 5.41) is 11.7. The van der Waals surface area contributed by atoms with Crippen molar-refractivity contribution in [2.45, 2.75) is 26.4 Å². The first-order valence-corrected chi connectivity index (χ1v) is 8.85. The van der Waals surface area contributed by atoms with Crippen molar-refractivity contribution in [2.75, 3.05) is 13.7 Å². The number of aryl methyl sites for hydroxylation is 3. The molecule has 1 atom stereocenters. The number of nitrogens with one attached hydrogen (secondary N) is 1. The average molecular weight is 367 g/mol. The Bertz CT molecular complexity index is 911. The first-order valence-electron chi connectivity index (χ1n) is 8.85. The number of methoxy groups -OCH3 is 1. The Kier molecular flexibility index (Phi) is 5.71. The van der Waals surface area contributed by atoms with Gasteiger partial charge >= 0.3 is 0 Å². The van der Waals surface area contributed by atoms with Crippen molar-refractivity contribution in [3.63, 3.8) is 0 Å². The van der Waals surface area contributed by atoms with E-state index in [1.165, 1.54) is 0 Å². The minimum Gasteiger partial charge on any atom is -0.382 e. The van der Waals surface area contributed by atoms with E-state index in [9.17, 15) is 4.79 Å². The van der Waals surface area contributed by atoms with Crippen LogP contribution in [0.1, 0.15) is 39.0 Å². The maximum Gasteiger partial charge on any atom is 0.251 e. The van der Waals surface area contributed by atoms with Crippen LogP contribution in [0.4, 0.5) is 0 Å². The van der Waals surface area contributed by atoms with E-state index in [1.807, 2.05) is 55.9 Å². The number of aromatic nitrogens is 4. The highest BCUT2D eigenvalue weighted by Crippen LogP contribution is 2.14. The molecule has 142 valence electrons. The van der Waals surface area contributed by atoms with Crippen LogP contribution in [-0.2, 0) is 18.3 Å². The minimum atomic E-state index is -0.260. The number of carbonyl (C=O) groups excluding carboxylic acids is 1. The molecule has 0 unspecified atom stereocenters. The fourth-order valence-electron chi connectivity index (χ4n) is 3.10. The molecule has 7 heteroatoms. The molecule has 0 bridgehead atoms. The molecule has 0 aliphatic heterocycles. The van der Waals surface area contributed by atoms with Crippen LogP contribution in [0.15, 0.2) is 42.6 Å². The summed E-state index contributed by atoms with van der Waals surface area (Å²) < 4.78 is 8.95. The predicted molar refractivity (Wildman–Crippen MR) is 103 cm³/mol. The lowest BCUT2D eigenvalue weighted by atomic mass is 10.1. The number of hydrogen-bond acceptors (Lipinski definition) is 4. The molecule has 27 heavy (non-hydrogen) atoms. The van der Waals surface area contributed by atoms with Crippen molar-refractivity contribution < 1.29 is 9.53 Å². The Morgan fingerprint density at radius 1 is 1.22 bits per heavy atom. The summed E-state index contributed by atoms with van der Waals surface area (Å²) in [6.45, 7) is 5.08. The van der Waals surface area contributed by atoms with Crippen LogP contribution in [0.2, 0.25) is 0 Å². The second-order valence-corrected chi connectivity index (χ2v) is 6.64. The van der Waals surface area contributed by atoms with Gasteiger partial charge in [0.2, 0.25) is 0 Å². The lowest BCUT2D eigenvalue weighted by molar-refractivity contribution is 0.0892. The van der Waals surface area contributed by atoms with Gasteiger partial charge in [0.05, 0.1) is 30.6 Å². The van der Waals surface area contributed by atoms with Crippen LogP contribution >= 0.6 is 0 Å². The van der Waals surface area contributed by atoms with E-state index in [0.29, 0.717) is 18.7 Å².